The van der Waals surface area contributed by atoms with E-state index in [1.807, 2.05) is 41.3 Å². The first-order valence-corrected chi connectivity index (χ1v) is 8.96. The predicted octanol–water partition coefficient (Wildman–Crippen LogP) is 1.48. The summed E-state index contributed by atoms with van der Waals surface area (Å²) in [4.78, 5) is 13.8. The van der Waals surface area contributed by atoms with Gasteiger partial charge in [-0.3, -0.25) is 9.69 Å². The molecule has 0 unspecified atom stereocenters. The van der Waals surface area contributed by atoms with Gasteiger partial charge in [0.2, 0.25) is 0 Å². The number of carbonyl (C=O) groups is 1. The lowest BCUT2D eigenvalue weighted by Gasteiger charge is -2.25. The minimum absolute atomic E-state index is 0.107. The van der Waals surface area contributed by atoms with E-state index >= 15 is 0 Å². The fourth-order valence-corrected chi connectivity index (χ4v) is 3.76. The molecule has 0 spiro atoms. The highest BCUT2D eigenvalue weighted by Crippen LogP contribution is 2.20. The zero-order chi connectivity index (χ0) is 15.6. The molecule has 2 aromatic rings. The molecule has 0 aliphatic carbocycles. The Morgan fingerprint density at radius 1 is 1.05 bits per heavy atom. The van der Waals surface area contributed by atoms with Crippen molar-refractivity contribution in [3.8, 4) is 5.75 Å². The van der Waals surface area contributed by atoms with Crippen LogP contribution >= 0.6 is 0 Å². The maximum absolute atomic E-state index is 12.0. The first kappa shape index (κ1) is 15.0. The van der Waals surface area contributed by atoms with Crippen LogP contribution in [0.15, 0.2) is 42.5 Å². The summed E-state index contributed by atoms with van der Waals surface area (Å²) >= 11 is 0. The molecule has 5 nitrogen and oxygen atoms in total. The van der Waals surface area contributed by atoms with Crippen molar-refractivity contribution in [2.24, 2.45) is 0 Å². The van der Waals surface area contributed by atoms with Gasteiger partial charge in [-0.25, -0.2) is 8.42 Å². The number of hydrogen-bond donors (Lipinski definition) is 0. The van der Waals surface area contributed by atoms with Crippen molar-refractivity contribution in [2.75, 3.05) is 31.1 Å². The van der Waals surface area contributed by atoms with E-state index in [1.54, 1.807) is 6.07 Å². The molecule has 1 heterocycles. The summed E-state index contributed by atoms with van der Waals surface area (Å²) in [7, 11) is -2.93. The molecule has 0 N–H and O–H groups in total. The van der Waals surface area contributed by atoms with Crippen molar-refractivity contribution in [3.63, 3.8) is 0 Å². The topological polar surface area (TPSA) is 63.7 Å². The Morgan fingerprint density at radius 2 is 1.73 bits per heavy atom. The van der Waals surface area contributed by atoms with Gasteiger partial charge < -0.3 is 4.74 Å². The van der Waals surface area contributed by atoms with Crippen molar-refractivity contribution < 1.29 is 17.9 Å². The van der Waals surface area contributed by atoms with Gasteiger partial charge in [0.15, 0.2) is 9.84 Å². The summed E-state index contributed by atoms with van der Waals surface area (Å²) in [6, 6.07) is 13.3. The van der Waals surface area contributed by atoms with Gasteiger partial charge in [-0.1, -0.05) is 30.3 Å². The molecule has 1 aliphatic heterocycles. The smallest absolute Gasteiger partial charge is 0.325 e. The van der Waals surface area contributed by atoms with Gasteiger partial charge in [0, 0.05) is 13.1 Å². The van der Waals surface area contributed by atoms with E-state index in [4.69, 9.17) is 4.74 Å². The lowest BCUT2D eigenvalue weighted by Crippen LogP contribution is -2.43. The van der Waals surface area contributed by atoms with E-state index in [0.717, 1.165) is 10.8 Å². The zero-order valence-corrected chi connectivity index (χ0v) is 12.9. The Kier molecular flexibility index (Phi) is 4.13. The third-order valence-corrected chi connectivity index (χ3v) is 5.35. The first-order chi connectivity index (χ1) is 10.5. The van der Waals surface area contributed by atoms with Crippen LogP contribution in [0.25, 0.3) is 10.8 Å². The Bertz CT molecular complexity index is 787. The average molecular weight is 319 g/mol. The largest absolute Gasteiger partial charge is 0.426 e. The molecule has 0 saturated carbocycles. The van der Waals surface area contributed by atoms with E-state index < -0.39 is 9.84 Å². The van der Waals surface area contributed by atoms with Gasteiger partial charge in [-0.15, -0.1) is 0 Å². The molecule has 1 fully saturated rings. The lowest BCUT2D eigenvalue weighted by molar-refractivity contribution is -0.135. The van der Waals surface area contributed by atoms with Crippen molar-refractivity contribution in [2.45, 2.75) is 0 Å². The second-order valence-corrected chi connectivity index (χ2v) is 7.71. The SMILES string of the molecule is O=C(CN1CCS(=O)(=O)CC1)Oc1ccc2ccccc2c1. The molecule has 3 rings (SSSR count). The fraction of sp³-hybridized carbons (Fsp3) is 0.312. The molecule has 1 aliphatic rings. The molecule has 0 bridgehead atoms. The first-order valence-electron chi connectivity index (χ1n) is 7.14. The van der Waals surface area contributed by atoms with Crippen LogP contribution < -0.4 is 4.74 Å². The summed E-state index contributed by atoms with van der Waals surface area (Å²) in [5.41, 5.74) is 0. The summed E-state index contributed by atoms with van der Waals surface area (Å²) < 4.78 is 28.1. The second-order valence-electron chi connectivity index (χ2n) is 5.41. The van der Waals surface area contributed by atoms with Crippen molar-refractivity contribution in [1.82, 2.24) is 4.90 Å². The number of ether oxygens (including phenoxy) is 1. The second kappa shape index (κ2) is 6.06. The Hall–Kier alpha value is -1.92. The zero-order valence-electron chi connectivity index (χ0n) is 12.1. The fourth-order valence-electron chi connectivity index (χ4n) is 2.49. The highest BCUT2D eigenvalue weighted by molar-refractivity contribution is 7.91. The van der Waals surface area contributed by atoms with E-state index in [-0.39, 0.29) is 24.0 Å². The quantitative estimate of drug-likeness (QED) is 0.633. The van der Waals surface area contributed by atoms with Crippen LogP contribution in [-0.2, 0) is 14.6 Å². The van der Waals surface area contributed by atoms with Gasteiger partial charge in [0.25, 0.3) is 0 Å². The highest BCUT2D eigenvalue weighted by atomic mass is 32.2. The third-order valence-electron chi connectivity index (χ3n) is 3.74. The van der Waals surface area contributed by atoms with Crippen LogP contribution in [0.5, 0.6) is 5.75 Å². The number of esters is 1. The molecule has 0 aromatic heterocycles. The minimum Gasteiger partial charge on any atom is -0.426 e. The van der Waals surface area contributed by atoms with Crippen LogP contribution in [0.3, 0.4) is 0 Å². The normalized spacial score (nSPS) is 18.2. The Morgan fingerprint density at radius 3 is 2.45 bits per heavy atom. The lowest BCUT2D eigenvalue weighted by atomic mass is 10.1. The number of carbonyl (C=O) groups excluding carboxylic acids is 1. The molecule has 0 atom stereocenters. The Balaban J connectivity index is 1.61. The van der Waals surface area contributed by atoms with Crippen LogP contribution in [0.4, 0.5) is 0 Å². The molecule has 1 saturated heterocycles. The van der Waals surface area contributed by atoms with E-state index in [1.165, 1.54) is 0 Å². The van der Waals surface area contributed by atoms with Crippen LogP contribution in [-0.4, -0.2) is 50.4 Å². The molecule has 0 radical (unpaired) electrons. The van der Waals surface area contributed by atoms with Crippen molar-refractivity contribution >= 4 is 26.6 Å². The molecule has 116 valence electrons. The standard InChI is InChI=1S/C16H17NO4S/c18-16(12-17-7-9-22(19,20)10-8-17)21-15-6-5-13-3-1-2-4-14(13)11-15/h1-6,11H,7-10,12H2. The van der Waals surface area contributed by atoms with Crippen molar-refractivity contribution in [3.05, 3.63) is 42.5 Å². The number of benzene rings is 2. The minimum atomic E-state index is -2.93. The van der Waals surface area contributed by atoms with Gasteiger partial charge in [-0.05, 0) is 22.9 Å². The number of fused-ring (bicyclic) bond motifs is 1. The maximum Gasteiger partial charge on any atom is 0.325 e. The molecular weight excluding hydrogens is 302 g/mol. The summed E-state index contributed by atoms with van der Waals surface area (Å²) in [6.07, 6.45) is 0. The monoisotopic (exact) mass is 319 g/mol. The van der Waals surface area contributed by atoms with Crippen LogP contribution in [0.1, 0.15) is 0 Å². The predicted molar refractivity (Wildman–Crippen MR) is 84.7 cm³/mol. The van der Waals surface area contributed by atoms with Gasteiger partial charge in [-0.2, -0.15) is 0 Å². The molecule has 6 heteroatoms. The van der Waals surface area contributed by atoms with Gasteiger partial charge in [0.1, 0.15) is 5.75 Å². The van der Waals surface area contributed by atoms with E-state index in [0.29, 0.717) is 18.8 Å². The third kappa shape index (κ3) is 3.64. The summed E-state index contributed by atoms with van der Waals surface area (Å²) in [5, 5.41) is 2.10. The van der Waals surface area contributed by atoms with E-state index in [9.17, 15) is 13.2 Å². The summed E-state index contributed by atoms with van der Waals surface area (Å²) in [5.74, 6) is 0.356. The number of rotatable bonds is 3. The molecule has 2 aromatic carbocycles. The number of hydrogen-bond acceptors (Lipinski definition) is 5. The number of nitrogens with zero attached hydrogens (tertiary/aromatic N) is 1. The van der Waals surface area contributed by atoms with Gasteiger partial charge >= 0.3 is 5.97 Å². The summed E-state index contributed by atoms with van der Waals surface area (Å²) in [6.45, 7) is 0.882. The van der Waals surface area contributed by atoms with Crippen LogP contribution in [0.2, 0.25) is 0 Å². The van der Waals surface area contributed by atoms with Crippen LogP contribution in [0, 0.1) is 0 Å². The molecule has 22 heavy (non-hydrogen) atoms. The van der Waals surface area contributed by atoms with E-state index in [2.05, 4.69) is 0 Å². The molecular formula is C16H17NO4S. The highest BCUT2D eigenvalue weighted by Gasteiger charge is 2.23. The van der Waals surface area contributed by atoms with Gasteiger partial charge in [0.05, 0.1) is 18.1 Å². The maximum atomic E-state index is 12.0. The van der Waals surface area contributed by atoms with Crippen molar-refractivity contribution in [1.29, 1.82) is 0 Å². The number of sulfone groups is 1. The Labute approximate surface area is 129 Å². The molecule has 0 amide bonds. The average Bonchev–Trinajstić information content (AvgIpc) is 2.49.